The third-order valence-electron chi connectivity index (χ3n) is 3.51. The van der Waals surface area contributed by atoms with Gasteiger partial charge in [-0.1, -0.05) is 26.7 Å². The Bertz CT molecular complexity index is 474. The molecule has 0 aliphatic rings. The maximum absolute atomic E-state index is 5.96. The van der Waals surface area contributed by atoms with Crippen molar-refractivity contribution in [1.29, 1.82) is 0 Å². The van der Waals surface area contributed by atoms with E-state index in [1.165, 1.54) is 12.8 Å². The van der Waals surface area contributed by atoms with Gasteiger partial charge in [-0.15, -0.1) is 24.0 Å². The molecular weight excluding hydrogens is 401 g/mol. The maximum Gasteiger partial charge on any atom is 0.189 e. The Morgan fingerprint density at radius 1 is 1.30 bits per heavy atom. The summed E-state index contributed by atoms with van der Waals surface area (Å²) < 4.78 is 0. The van der Waals surface area contributed by atoms with Crippen LogP contribution in [0, 0.1) is 5.92 Å². The predicted molar refractivity (Wildman–Crippen MR) is 111 cm³/mol. The number of hydrogen-bond donors (Lipinski definition) is 2. The van der Waals surface area contributed by atoms with Gasteiger partial charge in [0.2, 0.25) is 0 Å². The van der Waals surface area contributed by atoms with Crippen LogP contribution in [0.1, 0.15) is 45.6 Å². The second kappa shape index (κ2) is 11.5. The van der Waals surface area contributed by atoms with Crippen LogP contribution < -0.4 is 16.0 Å². The zero-order chi connectivity index (χ0) is 16.5. The number of guanidine groups is 1. The third-order valence-corrected chi connectivity index (χ3v) is 3.51. The Hall–Kier alpha value is -1.05. The number of anilines is 1. The van der Waals surface area contributed by atoms with E-state index in [4.69, 9.17) is 5.73 Å². The number of rotatable bonds is 8. The lowest BCUT2D eigenvalue weighted by molar-refractivity contribution is 0.493. The summed E-state index contributed by atoms with van der Waals surface area (Å²) >= 11 is 0. The van der Waals surface area contributed by atoms with Crippen molar-refractivity contribution in [2.45, 2.75) is 52.6 Å². The zero-order valence-electron chi connectivity index (χ0n) is 15.0. The van der Waals surface area contributed by atoms with Gasteiger partial charge in [-0.2, -0.15) is 0 Å². The Morgan fingerprint density at radius 2 is 2.00 bits per heavy atom. The first-order chi connectivity index (χ1) is 10.4. The summed E-state index contributed by atoms with van der Waals surface area (Å²) in [6.07, 6.45) is 5.40. The van der Waals surface area contributed by atoms with Gasteiger partial charge in [0.1, 0.15) is 5.82 Å². The molecule has 1 rings (SSSR count). The van der Waals surface area contributed by atoms with E-state index in [1.807, 2.05) is 31.1 Å². The number of aromatic nitrogens is 1. The number of nitrogens with one attached hydrogen (secondary N) is 1. The fraction of sp³-hybridized carbons (Fsp3) is 0.647. The average Bonchev–Trinajstić information content (AvgIpc) is 2.45. The molecule has 0 amide bonds. The van der Waals surface area contributed by atoms with Crippen molar-refractivity contribution in [2.75, 3.05) is 19.0 Å². The standard InChI is InChI=1S/C17H31N5.HI/c1-13(2)7-6-8-14(3)21-17(18)20-12-15-9-10-19-16(11-15)22(4)5;/h9-11,13-14H,6-8,12H2,1-5H3,(H3,18,20,21);1H. The van der Waals surface area contributed by atoms with Gasteiger partial charge in [0.25, 0.3) is 0 Å². The van der Waals surface area contributed by atoms with Crippen molar-refractivity contribution in [3.63, 3.8) is 0 Å². The number of pyridine rings is 1. The molecular formula is C17H32IN5. The van der Waals surface area contributed by atoms with Gasteiger partial charge >= 0.3 is 0 Å². The lowest BCUT2D eigenvalue weighted by atomic mass is 10.0. The highest BCUT2D eigenvalue weighted by Crippen LogP contribution is 2.10. The fourth-order valence-corrected chi connectivity index (χ4v) is 2.18. The van der Waals surface area contributed by atoms with Gasteiger partial charge in [0.05, 0.1) is 6.54 Å². The molecule has 1 aromatic heterocycles. The molecule has 1 heterocycles. The zero-order valence-corrected chi connectivity index (χ0v) is 17.4. The van der Waals surface area contributed by atoms with Crippen molar-refractivity contribution >= 4 is 35.8 Å². The van der Waals surface area contributed by atoms with Crippen LogP contribution in [0.25, 0.3) is 0 Å². The van der Waals surface area contributed by atoms with Crippen molar-refractivity contribution in [3.05, 3.63) is 23.9 Å². The Kier molecular flexibility index (Phi) is 11.0. The van der Waals surface area contributed by atoms with Gasteiger partial charge in [-0.25, -0.2) is 9.98 Å². The van der Waals surface area contributed by atoms with E-state index >= 15 is 0 Å². The highest BCUT2D eigenvalue weighted by Gasteiger charge is 2.04. The molecule has 0 bridgehead atoms. The van der Waals surface area contributed by atoms with Gasteiger partial charge in [-0.3, -0.25) is 0 Å². The minimum absolute atomic E-state index is 0. The van der Waals surface area contributed by atoms with Crippen molar-refractivity contribution in [1.82, 2.24) is 10.3 Å². The average molecular weight is 433 g/mol. The topological polar surface area (TPSA) is 66.5 Å². The van der Waals surface area contributed by atoms with Crippen LogP contribution in [0.15, 0.2) is 23.3 Å². The molecule has 1 aromatic rings. The van der Waals surface area contributed by atoms with Crippen LogP contribution in [-0.2, 0) is 6.54 Å². The first-order valence-corrected chi connectivity index (χ1v) is 8.07. The quantitative estimate of drug-likeness (QED) is 0.375. The van der Waals surface area contributed by atoms with Crippen LogP contribution in [0.5, 0.6) is 0 Å². The number of nitrogens with two attached hydrogens (primary N) is 1. The second-order valence-corrected chi connectivity index (χ2v) is 6.49. The van der Waals surface area contributed by atoms with E-state index < -0.39 is 0 Å². The summed E-state index contributed by atoms with van der Waals surface area (Å²) in [7, 11) is 3.95. The fourth-order valence-electron chi connectivity index (χ4n) is 2.18. The summed E-state index contributed by atoms with van der Waals surface area (Å²) in [6.45, 7) is 7.23. The molecule has 5 nitrogen and oxygen atoms in total. The van der Waals surface area contributed by atoms with Crippen LogP contribution in [0.2, 0.25) is 0 Å². The maximum atomic E-state index is 5.96. The summed E-state index contributed by atoms with van der Waals surface area (Å²) in [5.41, 5.74) is 7.07. The van der Waals surface area contributed by atoms with Crippen LogP contribution in [-0.4, -0.2) is 31.1 Å². The Balaban J connectivity index is 0.00000484. The Morgan fingerprint density at radius 3 is 2.61 bits per heavy atom. The molecule has 0 fully saturated rings. The summed E-state index contributed by atoms with van der Waals surface area (Å²) in [5.74, 6) is 2.21. The highest BCUT2D eigenvalue weighted by atomic mass is 127. The van der Waals surface area contributed by atoms with E-state index in [9.17, 15) is 0 Å². The summed E-state index contributed by atoms with van der Waals surface area (Å²) in [4.78, 5) is 10.7. The largest absolute Gasteiger partial charge is 0.370 e. The second-order valence-electron chi connectivity index (χ2n) is 6.49. The molecule has 132 valence electrons. The van der Waals surface area contributed by atoms with Crippen molar-refractivity contribution in [3.8, 4) is 0 Å². The first-order valence-electron chi connectivity index (χ1n) is 8.07. The Labute approximate surface area is 158 Å². The molecule has 0 saturated carbocycles. The lowest BCUT2D eigenvalue weighted by Crippen LogP contribution is -2.38. The minimum Gasteiger partial charge on any atom is -0.370 e. The molecule has 0 aliphatic heterocycles. The summed E-state index contributed by atoms with van der Waals surface area (Å²) in [5, 5.41) is 3.26. The highest BCUT2D eigenvalue weighted by molar-refractivity contribution is 14.0. The molecule has 6 heteroatoms. The van der Waals surface area contributed by atoms with Crippen LogP contribution in [0.4, 0.5) is 5.82 Å². The van der Waals surface area contributed by atoms with Crippen molar-refractivity contribution in [2.24, 2.45) is 16.6 Å². The number of halogens is 1. The predicted octanol–water partition coefficient (Wildman–Crippen LogP) is 3.38. The molecule has 1 unspecified atom stereocenters. The van der Waals surface area contributed by atoms with E-state index in [-0.39, 0.29) is 24.0 Å². The van der Waals surface area contributed by atoms with Crippen molar-refractivity contribution < 1.29 is 0 Å². The summed E-state index contributed by atoms with van der Waals surface area (Å²) in [6, 6.07) is 4.36. The normalized spacial score (nSPS) is 12.7. The number of aliphatic imine (C=N–C) groups is 1. The van der Waals surface area contributed by atoms with Gasteiger partial charge in [0, 0.05) is 26.3 Å². The number of hydrogen-bond acceptors (Lipinski definition) is 3. The van der Waals surface area contributed by atoms with Gasteiger partial charge in [0.15, 0.2) is 5.96 Å². The van der Waals surface area contributed by atoms with E-state index in [0.29, 0.717) is 18.5 Å². The smallest absolute Gasteiger partial charge is 0.189 e. The monoisotopic (exact) mass is 433 g/mol. The van der Waals surface area contributed by atoms with Gasteiger partial charge < -0.3 is 16.0 Å². The molecule has 0 aromatic carbocycles. The van der Waals surface area contributed by atoms with Gasteiger partial charge in [-0.05, 0) is 37.0 Å². The van der Waals surface area contributed by atoms with Crippen LogP contribution >= 0.6 is 24.0 Å². The van der Waals surface area contributed by atoms with Crippen LogP contribution in [0.3, 0.4) is 0 Å². The molecule has 0 radical (unpaired) electrons. The number of nitrogens with zero attached hydrogens (tertiary/aromatic N) is 3. The van der Waals surface area contributed by atoms with E-state index in [2.05, 4.69) is 36.1 Å². The third kappa shape index (κ3) is 9.63. The molecule has 23 heavy (non-hydrogen) atoms. The molecule has 0 aliphatic carbocycles. The molecule has 3 N–H and O–H groups in total. The first kappa shape index (κ1) is 21.9. The van der Waals surface area contributed by atoms with E-state index in [0.717, 1.165) is 23.7 Å². The molecule has 1 atom stereocenters. The minimum atomic E-state index is 0. The SMILES string of the molecule is CC(C)CCCC(C)NC(N)=NCc1ccnc(N(C)C)c1.I. The molecule has 0 spiro atoms. The molecule has 0 saturated heterocycles. The lowest BCUT2D eigenvalue weighted by Gasteiger charge is -2.15. The van der Waals surface area contributed by atoms with E-state index in [1.54, 1.807) is 6.20 Å².